The molecule has 0 fully saturated rings. The molecule has 2 aromatic carbocycles. The summed E-state index contributed by atoms with van der Waals surface area (Å²) in [5, 5.41) is 0. The Morgan fingerprint density at radius 3 is 1.61 bits per heavy atom. The summed E-state index contributed by atoms with van der Waals surface area (Å²) in [7, 11) is -6.00. The van der Waals surface area contributed by atoms with Gasteiger partial charge in [0.1, 0.15) is 0 Å². The van der Waals surface area contributed by atoms with E-state index in [2.05, 4.69) is 76.9 Å². The van der Waals surface area contributed by atoms with Gasteiger partial charge in [0.2, 0.25) is 0 Å². The van der Waals surface area contributed by atoms with Crippen molar-refractivity contribution in [2.24, 2.45) is 0 Å². The van der Waals surface area contributed by atoms with Gasteiger partial charge in [0.25, 0.3) is 0 Å². The predicted molar refractivity (Wildman–Crippen MR) is 88.8 cm³/mol. The molecule has 0 aliphatic heterocycles. The molecule has 0 amide bonds. The van der Waals surface area contributed by atoms with Crippen molar-refractivity contribution in [1.29, 1.82) is 0 Å². The monoisotopic (exact) mass is 434 g/mol. The Morgan fingerprint density at radius 1 is 0.609 bits per heavy atom. The molecule has 6 heteroatoms. The molecule has 0 saturated carbocycles. The summed E-state index contributed by atoms with van der Waals surface area (Å²) in [4.78, 5) is 0. The summed E-state index contributed by atoms with van der Waals surface area (Å²) < 4.78 is 42.9. The van der Waals surface area contributed by atoms with Crippen molar-refractivity contribution in [1.82, 2.24) is 0 Å². The summed E-state index contributed by atoms with van der Waals surface area (Å²) in [6.07, 6.45) is 0. The fourth-order valence-corrected chi connectivity index (χ4v) is 4.55. The van der Waals surface area contributed by atoms with Gasteiger partial charge >= 0.3 is 125 Å². The standard InChI is InChI=1S/C17H13Te.BF4/c1-3-8-14(9-4-1)16-12-7-13-18-17(16)15-10-5-2-6-11-15;2-1(3,4)5/h1-13H;/q+1;-1. The van der Waals surface area contributed by atoms with E-state index in [9.17, 15) is 17.3 Å². The summed E-state index contributed by atoms with van der Waals surface area (Å²) in [6, 6.07) is 25.9. The summed E-state index contributed by atoms with van der Waals surface area (Å²) in [6.45, 7) is 0. The van der Waals surface area contributed by atoms with Crippen molar-refractivity contribution >= 4 is 27.7 Å². The topological polar surface area (TPSA) is 0 Å². The van der Waals surface area contributed by atoms with Crippen LogP contribution in [0.25, 0.3) is 20.3 Å². The molecule has 1 heterocycles. The zero-order chi connectivity index (χ0) is 16.7. The molecule has 3 aromatic rings. The molecule has 0 aliphatic rings. The SMILES string of the molecule is F[B-](F)(F)F.c1ccc(-c2ccc[te+]c2-c2ccccc2)cc1. The molecule has 0 N–H and O–H groups in total. The van der Waals surface area contributed by atoms with Crippen LogP contribution in [0.15, 0.2) is 76.9 Å². The minimum atomic E-state index is -6.00. The van der Waals surface area contributed by atoms with Gasteiger partial charge in [-0.15, -0.1) is 0 Å². The molecule has 0 spiro atoms. The van der Waals surface area contributed by atoms with Gasteiger partial charge in [-0.05, 0) is 0 Å². The van der Waals surface area contributed by atoms with Gasteiger partial charge in [0, 0.05) is 0 Å². The van der Waals surface area contributed by atoms with Crippen LogP contribution in [0.2, 0.25) is 0 Å². The molecule has 0 bridgehead atoms. The molecule has 0 unspecified atom stereocenters. The average molecular weight is 432 g/mol. The van der Waals surface area contributed by atoms with Crippen molar-refractivity contribution in [3.05, 3.63) is 76.9 Å². The molecule has 0 atom stereocenters. The molecule has 1 aromatic heterocycles. The van der Waals surface area contributed by atoms with Crippen LogP contribution in [0, 0.1) is 0 Å². The van der Waals surface area contributed by atoms with Crippen LogP contribution in [0.3, 0.4) is 0 Å². The van der Waals surface area contributed by atoms with Crippen LogP contribution in [0.5, 0.6) is 0 Å². The van der Waals surface area contributed by atoms with Crippen molar-refractivity contribution in [2.75, 3.05) is 0 Å². The van der Waals surface area contributed by atoms with E-state index in [-0.39, 0.29) is 20.4 Å². The Hall–Kier alpha value is -1.64. The number of hydrogen-bond acceptors (Lipinski definition) is 0. The summed E-state index contributed by atoms with van der Waals surface area (Å²) >= 11 is -0.216. The first-order valence-corrected chi connectivity index (χ1v) is 9.35. The third kappa shape index (κ3) is 6.17. The second-order valence-corrected chi connectivity index (χ2v) is 7.20. The predicted octanol–water partition coefficient (Wildman–Crippen LogP) is 5.66. The van der Waals surface area contributed by atoms with E-state index in [1.807, 2.05) is 0 Å². The van der Waals surface area contributed by atoms with Crippen LogP contribution < -0.4 is 0 Å². The van der Waals surface area contributed by atoms with Crippen molar-refractivity contribution in [3.63, 3.8) is 0 Å². The van der Waals surface area contributed by atoms with Gasteiger partial charge in [-0.25, -0.2) is 0 Å². The van der Waals surface area contributed by atoms with E-state index >= 15 is 0 Å². The van der Waals surface area contributed by atoms with E-state index in [4.69, 9.17) is 0 Å². The van der Waals surface area contributed by atoms with Crippen LogP contribution in [-0.2, 0) is 0 Å². The summed E-state index contributed by atoms with van der Waals surface area (Å²) in [5.41, 5.74) is 4.09. The van der Waals surface area contributed by atoms with Gasteiger partial charge in [-0.2, -0.15) is 0 Å². The fraction of sp³-hybridized carbons (Fsp3) is 0. The van der Waals surface area contributed by atoms with E-state index in [0.717, 1.165) is 0 Å². The second kappa shape index (κ2) is 8.28. The molecule has 0 aliphatic carbocycles. The molecule has 0 radical (unpaired) electrons. The van der Waals surface area contributed by atoms with Crippen LogP contribution in [0.1, 0.15) is 0 Å². The average Bonchev–Trinajstić information content (AvgIpc) is 2.55. The maximum absolute atomic E-state index is 9.75. The third-order valence-electron chi connectivity index (χ3n) is 2.89. The van der Waals surface area contributed by atoms with Crippen LogP contribution in [0.4, 0.5) is 17.3 Å². The quantitative estimate of drug-likeness (QED) is 0.363. The molecule has 3 rings (SSSR count). The number of halogens is 4. The first-order valence-electron chi connectivity index (χ1n) is 6.84. The van der Waals surface area contributed by atoms with E-state index < -0.39 is 7.25 Å². The van der Waals surface area contributed by atoms with Crippen molar-refractivity contribution in [3.8, 4) is 20.3 Å². The van der Waals surface area contributed by atoms with Crippen molar-refractivity contribution < 1.29 is 17.3 Å². The molecular weight excluding hydrogens is 419 g/mol. The van der Waals surface area contributed by atoms with E-state index in [0.29, 0.717) is 0 Å². The molecule has 23 heavy (non-hydrogen) atoms. The Balaban J connectivity index is 0.000000338. The number of benzene rings is 2. The molecular formula is C17H13BF4Te. The summed E-state index contributed by atoms with van der Waals surface area (Å²) in [5.74, 6) is 0. The normalized spacial score (nSPS) is 10.6. The number of hydrogen-bond donors (Lipinski definition) is 0. The third-order valence-corrected chi connectivity index (χ3v) is 5.70. The first-order chi connectivity index (χ1) is 10.9. The molecule has 0 nitrogen and oxygen atoms in total. The van der Waals surface area contributed by atoms with E-state index in [1.165, 1.54) is 20.3 Å². The van der Waals surface area contributed by atoms with Crippen molar-refractivity contribution in [2.45, 2.75) is 0 Å². The second-order valence-electron chi connectivity index (χ2n) is 4.58. The van der Waals surface area contributed by atoms with Gasteiger partial charge in [0.05, 0.1) is 0 Å². The Labute approximate surface area is 142 Å². The molecule has 0 saturated heterocycles. The van der Waals surface area contributed by atoms with E-state index in [1.54, 1.807) is 0 Å². The van der Waals surface area contributed by atoms with Crippen LogP contribution in [-0.4, -0.2) is 27.7 Å². The Kier molecular flexibility index (Phi) is 6.38. The minimum absolute atomic E-state index is 0.216. The first kappa shape index (κ1) is 17.7. The van der Waals surface area contributed by atoms with Gasteiger partial charge in [-0.1, -0.05) is 0 Å². The maximum atomic E-state index is 9.75. The Bertz CT molecular complexity index is 666. The van der Waals surface area contributed by atoms with Gasteiger partial charge < -0.3 is 17.3 Å². The van der Waals surface area contributed by atoms with Crippen LogP contribution >= 0.6 is 0 Å². The fourth-order valence-electron chi connectivity index (χ4n) is 2.04. The zero-order valence-corrected chi connectivity index (χ0v) is 14.3. The Morgan fingerprint density at radius 2 is 1.09 bits per heavy atom. The number of rotatable bonds is 2. The molecule has 118 valence electrons. The van der Waals surface area contributed by atoms with Gasteiger partial charge in [0.15, 0.2) is 0 Å². The van der Waals surface area contributed by atoms with Gasteiger partial charge in [-0.3, -0.25) is 0 Å². The zero-order valence-electron chi connectivity index (χ0n) is 12.0.